The van der Waals surface area contributed by atoms with Crippen LogP contribution in [0, 0.1) is 0 Å². The number of hydrogen-bond acceptors (Lipinski definition) is 5. The molecule has 0 aliphatic heterocycles. The number of aliphatic hydroxyl groups excluding tert-OH is 1. The molecule has 21 heavy (non-hydrogen) atoms. The minimum Gasteiger partial charge on any atom is -0.466 e. The standard InChI is InChI=1S/C16H28O5/c1-2-15(18)20-13-9-6-10-14-21-16(19)11-7-4-3-5-8-12-17/h2,17H,1,3-14H2. The highest BCUT2D eigenvalue weighted by molar-refractivity contribution is 5.81. The van der Waals surface area contributed by atoms with E-state index < -0.39 is 5.97 Å². The molecule has 0 aliphatic rings. The molecular weight excluding hydrogens is 272 g/mol. The van der Waals surface area contributed by atoms with Crippen molar-refractivity contribution < 1.29 is 24.2 Å². The van der Waals surface area contributed by atoms with Gasteiger partial charge in [0, 0.05) is 19.1 Å². The molecule has 0 bridgehead atoms. The van der Waals surface area contributed by atoms with Crippen molar-refractivity contribution in [2.45, 2.75) is 57.8 Å². The zero-order chi connectivity index (χ0) is 15.8. The van der Waals surface area contributed by atoms with Gasteiger partial charge in [0.05, 0.1) is 13.2 Å². The topological polar surface area (TPSA) is 72.8 Å². The van der Waals surface area contributed by atoms with Crippen molar-refractivity contribution in [3.8, 4) is 0 Å². The predicted molar refractivity (Wildman–Crippen MR) is 80.8 cm³/mol. The van der Waals surface area contributed by atoms with Crippen LogP contribution in [0.15, 0.2) is 12.7 Å². The zero-order valence-corrected chi connectivity index (χ0v) is 12.8. The van der Waals surface area contributed by atoms with Gasteiger partial charge >= 0.3 is 11.9 Å². The minimum absolute atomic E-state index is 0.143. The molecule has 0 fully saturated rings. The normalized spacial score (nSPS) is 10.1. The molecule has 0 spiro atoms. The van der Waals surface area contributed by atoms with Gasteiger partial charge in [-0.15, -0.1) is 0 Å². The maximum absolute atomic E-state index is 11.4. The Kier molecular flexibility index (Phi) is 14.1. The maximum Gasteiger partial charge on any atom is 0.330 e. The number of ether oxygens (including phenoxy) is 2. The fraction of sp³-hybridized carbons (Fsp3) is 0.750. The molecule has 0 saturated carbocycles. The number of carbonyl (C=O) groups excluding carboxylic acids is 2. The summed E-state index contributed by atoms with van der Waals surface area (Å²) < 4.78 is 9.95. The lowest BCUT2D eigenvalue weighted by molar-refractivity contribution is -0.143. The number of aliphatic hydroxyl groups is 1. The van der Waals surface area contributed by atoms with Gasteiger partial charge in [-0.25, -0.2) is 4.79 Å². The van der Waals surface area contributed by atoms with Crippen LogP contribution in [0.5, 0.6) is 0 Å². The largest absolute Gasteiger partial charge is 0.466 e. The Balaban J connectivity index is 3.22. The van der Waals surface area contributed by atoms with Crippen LogP contribution in [0.1, 0.15) is 57.8 Å². The number of esters is 2. The van der Waals surface area contributed by atoms with E-state index in [4.69, 9.17) is 14.6 Å². The Morgan fingerprint density at radius 3 is 2.10 bits per heavy atom. The lowest BCUT2D eigenvalue weighted by Gasteiger charge is -2.05. The van der Waals surface area contributed by atoms with E-state index >= 15 is 0 Å². The SMILES string of the molecule is C=CC(=O)OCCCCCOC(=O)CCCCCCCO. The fourth-order valence-electron chi connectivity index (χ4n) is 1.78. The summed E-state index contributed by atoms with van der Waals surface area (Å²) in [5.41, 5.74) is 0. The van der Waals surface area contributed by atoms with Crippen molar-refractivity contribution in [2.75, 3.05) is 19.8 Å². The molecule has 0 aromatic rings. The van der Waals surface area contributed by atoms with Crippen LogP contribution in [0.2, 0.25) is 0 Å². The first kappa shape index (κ1) is 19.6. The average Bonchev–Trinajstić information content (AvgIpc) is 2.49. The highest BCUT2D eigenvalue weighted by Crippen LogP contribution is 2.06. The zero-order valence-electron chi connectivity index (χ0n) is 12.8. The van der Waals surface area contributed by atoms with Crippen molar-refractivity contribution in [2.24, 2.45) is 0 Å². The second kappa shape index (κ2) is 15.0. The van der Waals surface area contributed by atoms with Crippen LogP contribution >= 0.6 is 0 Å². The van der Waals surface area contributed by atoms with Gasteiger partial charge in [0.1, 0.15) is 0 Å². The molecule has 0 saturated heterocycles. The highest BCUT2D eigenvalue weighted by atomic mass is 16.5. The third-order valence-electron chi connectivity index (χ3n) is 3.00. The van der Waals surface area contributed by atoms with E-state index in [-0.39, 0.29) is 12.6 Å². The molecule has 122 valence electrons. The number of unbranched alkanes of at least 4 members (excludes halogenated alkanes) is 6. The molecule has 0 heterocycles. The third kappa shape index (κ3) is 14.9. The summed E-state index contributed by atoms with van der Waals surface area (Å²) in [6, 6.07) is 0. The van der Waals surface area contributed by atoms with E-state index in [9.17, 15) is 9.59 Å². The van der Waals surface area contributed by atoms with Crippen LogP contribution in [-0.2, 0) is 19.1 Å². The molecule has 0 unspecified atom stereocenters. The first-order valence-corrected chi connectivity index (χ1v) is 7.76. The molecular formula is C16H28O5. The van der Waals surface area contributed by atoms with Crippen LogP contribution in [0.4, 0.5) is 0 Å². The van der Waals surface area contributed by atoms with Gasteiger partial charge < -0.3 is 14.6 Å². The first-order valence-electron chi connectivity index (χ1n) is 7.76. The van der Waals surface area contributed by atoms with Gasteiger partial charge in [0.2, 0.25) is 0 Å². The van der Waals surface area contributed by atoms with Gasteiger partial charge in [-0.1, -0.05) is 25.8 Å². The summed E-state index contributed by atoms with van der Waals surface area (Å²) in [6.07, 6.45) is 8.79. The second-order valence-electron chi connectivity index (χ2n) is 4.89. The van der Waals surface area contributed by atoms with Crippen molar-refractivity contribution in [1.82, 2.24) is 0 Å². The Morgan fingerprint density at radius 1 is 0.857 bits per heavy atom. The quantitative estimate of drug-likeness (QED) is 0.303. The van der Waals surface area contributed by atoms with E-state index in [0.29, 0.717) is 19.6 Å². The van der Waals surface area contributed by atoms with Crippen molar-refractivity contribution in [3.63, 3.8) is 0 Å². The smallest absolute Gasteiger partial charge is 0.330 e. The van der Waals surface area contributed by atoms with Crippen LogP contribution in [-0.4, -0.2) is 36.9 Å². The summed E-state index contributed by atoms with van der Waals surface area (Å²) in [6.45, 7) is 4.37. The predicted octanol–water partition coefficient (Wildman–Crippen LogP) is 2.76. The molecule has 0 aromatic carbocycles. The first-order chi connectivity index (χ1) is 10.2. The number of rotatable bonds is 14. The van der Waals surface area contributed by atoms with Crippen molar-refractivity contribution in [1.29, 1.82) is 0 Å². The molecule has 5 nitrogen and oxygen atoms in total. The van der Waals surface area contributed by atoms with E-state index in [1.165, 1.54) is 0 Å². The van der Waals surface area contributed by atoms with Crippen molar-refractivity contribution >= 4 is 11.9 Å². The number of carbonyl (C=O) groups is 2. The summed E-state index contributed by atoms with van der Waals surface area (Å²) in [7, 11) is 0. The van der Waals surface area contributed by atoms with E-state index in [0.717, 1.165) is 57.4 Å². The third-order valence-corrected chi connectivity index (χ3v) is 3.00. The van der Waals surface area contributed by atoms with Crippen LogP contribution < -0.4 is 0 Å². The van der Waals surface area contributed by atoms with Gasteiger partial charge in [-0.05, 0) is 32.1 Å². The lowest BCUT2D eigenvalue weighted by atomic mass is 10.1. The van der Waals surface area contributed by atoms with Crippen LogP contribution in [0.3, 0.4) is 0 Å². The number of hydrogen-bond donors (Lipinski definition) is 1. The Morgan fingerprint density at radius 2 is 1.43 bits per heavy atom. The molecule has 1 N–H and O–H groups in total. The van der Waals surface area contributed by atoms with E-state index in [1.807, 2.05) is 0 Å². The van der Waals surface area contributed by atoms with Gasteiger partial charge in [0.25, 0.3) is 0 Å². The second-order valence-corrected chi connectivity index (χ2v) is 4.89. The maximum atomic E-state index is 11.4. The Hall–Kier alpha value is -1.36. The lowest BCUT2D eigenvalue weighted by Crippen LogP contribution is -2.06. The Labute approximate surface area is 127 Å². The van der Waals surface area contributed by atoms with Crippen LogP contribution in [0.25, 0.3) is 0 Å². The minimum atomic E-state index is -0.402. The molecule has 0 rings (SSSR count). The highest BCUT2D eigenvalue weighted by Gasteiger charge is 2.02. The fourth-order valence-corrected chi connectivity index (χ4v) is 1.78. The summed E-state index contributed by atoms with van der Waals surface area (Å²) in [5.74, 6) is -0.546. The summed E-state index contributed by atoms with van der Waals surface area (Å²) >= 11 is 0. The van der Waals surface area contributed by atoms with E-state index in [2.05, 4.69) is 6.58 Å². The summed E-state index contributed by atoms with van der Waals surface area (Å²) in [4.78, 5) is 22.2. The molecule has 0 radical (unpaired) electrons. The average molecular weight is 300 g/mol. The monoisotopic (exact) mass is 300 g/mol. The summed E-state index contributed by atoms with van der Waals surface area (Å²) in [5, 5.41) is 8.62. The Bertz CT molecular complexity index is 288. The van der Waals surface area contributed by atoms with Gasteiger partial charge in [-0.3, -0.25) is 4.79 Å². The molecule has 5 heteroatoms. The molecule has 0 aromatic heterocycles. The molecule has 0 aliphatic carbocycles. The van der Waals surface area contributed by atoms with Gasteiger partial charge in [0.15, 0.2) is 0 Å². The molecule has 0 atom stereocenters. The van der Waals surface area contributed by atoms with Crippen molar-refractivity contribution in [3.05, 3.63) is 12.7 Å². The van der Waals surface area contributed by atoms with E-state index in [1.54, 1.807) is 0 Å². The molecule has 0 amide bonds. The van der Waals surface area contributed by atoms with Gasteiger partial charge in [-0.2, -0.15) is 0 Å².